The van der Waals surface area contributed by atoms with E-state index in [-0.39, 0.29) is 24.2 Å². The summed E-state index contributed by atoms with van der Waals surface area (Å²) in [6.45, 7) is 3.34. The molecule has 1 aromatic heterocycles. The number of nitrogens with one attached hydrogen (secondary N) is 1. The number of carbonyl (C=O) groups excluding carboxylic acids is 2. The quantitative estimate of drug-likeness (QED) is 0.526. The monoisotopic (exact) mass is 488 g/mol. The third-order valence-electron chi connectivity index (χ3n) is 4.35. The molecule has 0 saturated carbocycles. The Morgan fingerprint density at radius 2 is 2.20 bits per heavy atom. The highest BCUT2D eigenvalue weighted by molar-refractivity contribution is 8.01. The lowest BCUT2D eigenvalue weighted by Gasteiger charge is -2.33. The second-order valence-corrected chi connectivity index (χ2v) is 9.71. The van der Waals surface area contributed by atoms with Gasteiger partial charge in [0.25, 0.3) is 0 Å². The van der Waals surface area contributed by atoms with E-state index in [0.717, 1.165) is 29.5 Å². The van der Waals surface area contributed by atoms with Crippen LogP contribution in [0.3, 0.4) is 0 Å². The van der Waals surface area contributed by atoms with Crippen LogP contribution in [0, 0.1) is 0 Å². The first-order chi connectivity index (χ1) is 14.4. The predicted octanol–water partition coefficient (Wildman–Crippen LogP) is 2.59. The molecule has 1 fully saturated rings. The normalized spacial score (nSPS) is 17.1. The minimum atomic E-state index is -0.421. The van der Waals surface area contributed by atoms with Crippen molar-refractivity contribution in [2.24, 2.45) is 5.73 Å². The van der Waals surface area contributed by atoms with E-state index in [4.69, 9.17) is 33.7 Å². The fourth-order valence-electron chi connectivity index (χ4n) is 2.96. The Bertz CT molecular complexity index is 896. The average Bonchev–Trinajstić information content (AvgIpc) is 3.14. The van der Waals surface area contributed by atoms with Gasteiger partial charge in [-0.3, -0.25) is 14.5 Å². The first-order valence-corrected chi connectivity index (χ1v) is 11.9. The number of morpholine rings is 1. The third-order valence-corrected chi connectivity index (χ3v) is 7.16. The van der Waals surface area contributed by atoms with Crippen molar-refractivity contribution in [2.75, 3.05) is 32.0 Å². The van der Waals surface area contributed by atoms with Crippen LogP contribution in [0.2, 0.25) is 10.0 Å². The molecule has 1 unspecified atom stereocenters. The molecule has 1 aliphatic heterocycles. The summed E-state index contributed by atoms with van der Waals surface area (Å²) >= 11 is 14.8. The number of thiazole rings is 1. The molecule has 1 saturated heterocycles. The molecule has 1 aliphatic rings. The Hall–Kier alpha value is -1.36. The number of rotatable bonds is 9. The van der Waals surface area contributed by atoms with Crippen LogP contribution in [0.15, 0.2) is 27.9 Å². The fraction of sp³-hybridized carbons (Fsp3) is 0.421. The second kappa shape index (κ2) is 11.3. The Kier molecular flexibility index (Phi) is 8.79. The van der Waals surface area contributed by atoms with Gasteiger partial charge in [0, 0.05) is 31.6 Å². The van der Waals surface area contributed by atoms with Crippen molar-refractivity contribution < 1.29 is 14.3 Å². The first-order valence-electron chi connectivity index (χ1n) is 9.29. The second-order valence-electron chi connectivity index (χ2n) is 6.82. The van der Waals surface area contributed by atoms with Gasteiger partial charge in [0.2, 0.25) is 11.8 Å². The molecule has 7 nitrogen and oxygen atoms in total. The summed E-state index contributed by atoms with van der Waals surface area (Å²) in [4.78, 5) is 29.6. The van der Waals surface area contributed by atoms with Gasteiger partial charge in [0.1, 0.15) is 0 Å². The van der Waals surface area contributed by atoms with Gasteiger partial charge in [-0.2, -0.15) is 0 Å². The highest BCUT2D eigenvalue weighted by Crippen LogP contribution is 2.24. The molecule has 30 heavy (non-hydrogen) atoms. The highest BCUT2D eigenvalue weighted by atomic mass is 35.5. The predicted molar refractivity (Wildman–Crippen MR) is 120 cm³/mol. The molecule has 2 heterocycles. The number of primary amides is 1. The van der Waals surface area contributed by atoms with Crippen LogP contribution in [0.1, 0.15) is 11.3 Å². The molecule has 1 atom stereocenters. The van der Waals surface area contributed by atoms with E-state index in [1.54, 1.807) is 11.4 Å². The van der Waals surface area contributed by atoms with Crippen LogP contribution < -0.4 is 11.1 Å². The average molecular weight is 489 g/mol. The Morgan fingerprint density at radius 3 is 2.97 bits per heavy atom. The maximum Gasteiger partial charge on any atom is 0.230 e. The smallest absolute Gasteiger partial charge is 0.230 e. The summed E-state index contributed by atoms with van der Waals surface area (Å²) in [7, 11) is 0. The number of ether oxygens (including phenoxy) is 1. The largest absolute Gasteiger partial charge is 0.374 e. The van der Waals surface area contributed by atoms with Gasteiger partial charge in [-0.25, -0.2) is 4.98 Å². The van der Waals surface area contributed by atoms with Gasteiger partial charge in [0.05, 0.1) is 40.6 Å². The molecule has 0 aliphatic carbocycles. The molecule has 1 aromatic carbocycles. The summed E-state index contributed by atoms with van der Waals surface area (Å²) < 4.78 is 6.52. The maximum absolute atomic E-state index is 12.2. The Morgan fingerprint density at radius 1 is 1.37 bits per heavy atom. The summed E-state index contributed by atoms with van der Waals surface area (Å²) in [5.41, 5.74) is 6.88. The minimum absolute atomic E-state index is 0.0718. The summed E-state index contributed by atoms with van der Waals surface area (Å²) in [5.74, 6) is -0.254. The summed E-state index contributed by atoms with van der Waals surface area (Å²) in [6, 6.07) is 5.64. The van der Waals surface area contributed by atoms with Crippen molar-refractivity contribution in [3.63, 3.8) is 0 Å². The van der Waals surface area contributed by atoms with E-state index in [1.807, 2.05) is 12.1 Å². The van der Waals surface area contributed by atoms with E-state index in [9.17, 15) is 9.59 Å². The van der Waals surface area contributed by atoms with E-state index < -0.39 is 5.91 Å². The number of amides is 2. The van der Waals surface area contributed by atoms with Gasteiger partial charge >= 0.3 is 0 Å². The Balaban J connectivity index is 1.39. The molecule has 0 bridgehead atoms. The zero-order chi connectivity index (χ0) is 21.5. The molecular weight excluding hydrogens is 467 g/mol. The van der Waals surface area contributed by atoms with Gasteiger partial charge in [-0.05, 0) is 17.7 Å². The van der Waals surface area contributed by atoms with E-state index >= 15 is 0 Å². The van der Waals surface area contributed by atoms with E-state index in [2.05, 4.69) is 15.2 Å². The molecule has 3 rings (SSSR count). The first kappa shape index (κ1) is 23.3. The molecular formula is C19H22Cl2N4O3S2. The number of carbonyl (C=O) groups is 2. The zero-order valence-electron chi connectivity index (χ0n) is 16.1. The fourth-order valence-corrected chi connectivity index (χ4v) is 4.96. The highest BCUT2D eigenvalue weighted by Gasteiger charge is 2.21. The number of nitrogens with zero attached hydrogens (tertiary/aromatic N) is 2. The molecule has 11 heteroatoms. The van der Waals surface area contributed by atoms with Crippen molar-refractivity contribution in [1.29, 1.82) is 0 Å². The van der Waals surface area contributed by atoms with Gasteiger partial charge in [-0.15, -0.1) is 11.3 Å². The van der Waals surface area contributed by atoms with Crippen LogP contribution in [-0.4, -0.2) is 59.8 Å². The van der Waals surface area contributed by atoms with Gasteiger partial charge in [0.15, 0.2) is 4.34 Å². The van der Waals surface area contributed by atoms with Crippen molar-refractivity contribution in [3.8, 4) is 0 Å². The number of hydrogen-bond donors (Lipinski definition) is 2. The van der Waals surface area contributed by atoms with Crippen LogP contribution >= 0.6 is 46.3 Å². The number of halogens is 2. The molecule has 0 radical (unpaired) electrons. The standard InChI is InChI=1S/C19H22Cl2N4O3S2/c20-15-2-1-12(5-16(15)21)8-25-3-4-28-14(9-25)7-23-18(27)11-30-19-24-13(10-29-19)6-17(22)26/h1-2,5,10,14H,3-4,6-9,11H2,(H2,22,26)(H,23,27). The SMILES string of the molecule is NC(=O)Cc1csc(SCC(=O)NCC2CN(Cc3ccc(Cl)c(Cl)c3)CCO2)n1. The lowest BCUT2D eigenvalue weighted by molar-refractivity contribution is -0.120. The number of aromatic nitrogens is 1. The van der Waals surface area contributed by atoms with Crippen LogP contribution in [0.4, 0.5) is 0 Å². The van der Waals surface area contributed by atoms with Crippen molar-refractivity contribution >= 4 is 58.1 Å². The van der Waals surface area contributed by atoms with E-state index in [0.29, 0.717) is 28.9 Å². The molecule has 3 N–H and O–H groups in total. The lowest BCUT2D eigenvalue weighted by atomic mass is 10.2. The van der Waals surface area contributed by atoms with Crippen LogP contribution in [0.5, 0.6) is 0 Å². The lowest BCUT2D eigenvalue weighted by Crippen LogP contribution is -2.47. The number of benzene rings is 1. The Labute approximate surface area is 193 Å². The summed E-state index contributed by atoms with van der Waals surface area (Å²) in [5, 5.41) is 5.79. The summed E-state index contributed by atoms with van der Waals surface area (Å²) in [6.07, 6.45) is 0.0403. The molecule has 162 valence electrons. The molecule has 2 amide bonds. The number of thioether (sulfide) groups is 1. The zero-order valence-corrected chi connectivity index (χ0v) is 19.3. The third kappa shape index (κ3) is 7.40. The van der Waals surface area contributed by atoms with Crippen molar-refractivity contribution in [2.45, 2.75) is 23.4 Å². The van der Waals surface area contributed by atoms with Crippen molar-refractivity contribution in [1.82, 2.24) is 15.2 Å². The van der Waals surface area contributed by atoms with Gasteiger partial charge < -0.3 is 15.8 Å². The topological polar surface area (TPSA) is 97.5 Å². The molecule has 0 spiro atoms. The molecule has 2 aromatic rings. The van der Waals surface area contributed by atoms with Gasteiger partial charge in [-0.1, -0.05) is 41.0 Å². The van der Waals surface area contributed by atoms with E-state index in [1.165, 1.54) is 23.1 Å². The minimum Gasteiger partial charge on any atom is -0.374 e. The number of nitrogens with two attached hydrogens (primary N) is 1. The number of hydrogen-bond acceptors (Lipinski definition) is 7. The van der Waals surface area contributed by atoms with Crippen molar-refractivity contribution in [3.05, 3.63) is 44.9 Å². The van der Waals surface area contributed by atoms with Crippen LogP contribution in [-0.2, 0) is 27.3 Å². The maximum atomic E-state index is 12.2. The van der Waals surface area contributed by atoms with Crippen LogP contribution in [0.25, 0.3) is 0 Å².